The lowest BCUT2D eigenvalue weighted by molar-refractivity contribution is -0.167. The molecule has 1 unspecified atom stereocenters. The Morgan fingerprint density at radius 1 is 0.318 bits per heavy atom. The highest BCUT2D eigenvalue weighted by Crippen LogP contribution is 2.16. The van der Waals surface area contributed by atoms with E-state index in [1.807, 2.05) is 0 Å². The monoisotopic (exact) mass is 923 g/mol. The van der Waals surface area contributed by atoms with E-state index in [4.69, 9.17) is 14.2 Å². The van der Waals surface area contributed by atoms with Gasteiger partial charge in [-0.1, -0.05) is 242 Å². The molecule has 0 heterocycles. The quantitative estimate of drug-likeness (QED) is 0.0262. The second-order valence-electron chi connectivity index (χ2n) is 18.8. The average molecular weight is 924 g/mol. The summed E-state index contributed by atoms with van der Waals surface area (Å²) in [7, 11) is 0. The van der Waals surface area contributed by atoms with E-state index in [-0.39, 0.29) is 31.1 Å². The molecule has 382 valence electrons. The van der Waals surface area contributed by atoms with Gasteiger partial charge < -0.3 is 14.2 Å². The minimum absolute atomic E-state index is 0.0873. The van der Waals surface area contributed by atoms with Crippen LogP contribution in [0.25, 0.3) is 0 Å². The number of carbonyl (C=O) groups is 3. The number of hydrogen-bond donors (Lipinski definition) is 0. The van der Waals surface area contributed by atoms with Gasteiger partial charge >= 0.3 is 17.9 Å². The molecule has 0 amide bonds. The summed E-state index contributed by atoms with van der Waals surface area (Å²) in [6.45, 7) is 6.51. The summed E-state index contributed by atoms with van der Waals surface area (Å²) in [6, 6.07) is 0. The molecular weight excluding hydrogens is 817 g/mol. The zero-order valence-electron chi connectivity index (χ0n) is 43.7. The highest BCUT2D eigenvalue weighted by Gasteiger charge is 2.19. The van der Waals surface area contributed by atoms with Crippen molar-refractivity contribution in [2.45, 2.75) is 290 Å². The van der Waals surface area contributed by atoms with Gasteiger partial charge in [-0.3, -0.25) is 14.4 Å². The number of carbonyl (C=O) groups excluding carboxylic acids is 3. The molecule has 0 N–H and O–H groups in total. The van der Waals surface area contributed by atoms with Crippen LogP contribution in [0.3, 0.4) is 0 Å². The van der Waals surface area contributed by atoms with E-state index in [0.717, 1.165) is 83.5 Å². The maximum atomic E-state index is 12.8. The molecule has 0 rings (SSSR count). The smallest absolute Gasteiger partial charge is 0.306 e. The summed E-state index contributed by atoms with van der Waals surface area (Å²) < 4.78 is 16.8. The highest BCUT2D eigenvalue weighted by atomic mass is 16.6. The molecule has 0 aromatic heterocycles. The standard InChI is InChI=1S/C60H106O6/c1-4-7-10-13-16-19-22-25-28-30-33-35-38-41-44-47-50-53-59(62)65-56-57(55-64-58(61)52-49-46-43-40-37-34-31-27-24-21-18-15-12-9-6-3)66-60(63)54-51-48-45-42-39-36-32-29-26-23-20-17-14-11-8-5-2/h9,12,18,21,25,27-28,31,37,40,57H,4-8,10-11,13-17,19-20,22-24,26,29-30,32-36,38-39,41-56H2,1-3H3/b12-9-,21-18-,28-25-,31-27-,40-37-. The molecule has 0 spiro atoms. The fraction of sp³-hybridized carbons (Fsp3) is 0.783. The third-order valence-electron chi connectivity index (χ3n) is 12.3. The summed E-state index contributed by atoms with van der Waals surface area (Å²) in [6.07, 6.45) is 67.8. The lowest BCUT2D eigenvalue weighted by Gasteiger charge is -2.18. The molecule has 0 saturated carbocycles. The molecule has 0 fully saturated rings. The van der Waals surface area contributed by atoms with Crippen molar-refractivity contribution in [3.8, 4) is 0 Å². The molecule has 0 aromatic rings. The Kier molecular flexibility index (Phi) is 52.3. The first-order valence-electron chi connectivity index (χ1n) is 28.3. The van der Waals surface area contributed by atoms with E-state index in [0.29, 0.717) is 19.3 Å². The normalized spacial score (nSPS) is 12.5. The molecule has 0 radical (unpaired) electrons. The summed E-state index contributed by atoms with van der Waals surface area (Å²) in [5.41, 5.74) is 0. The maximum Gasteiger partial charge on any atom is 0.306 e. The average Bonchev–Trinajstić information content (AvgIpc) is 3.31. The fourth-order valence-electron chi connectivity index (χ4n) is 8.02. The Balaban J connectivity index is 4.41. The van der Waals surface area contributed by atoms with Gasteiger partial charge in [-0.05, 0) is 83.5 Å². The summed E-state index contributed by atoms with van der Waals surface area (Å²) in [4.78, 5) is 38.1. The van der Waals surface area contributed by atoms with Gasteiger partial charge in [-0.25, -0.2) is 0 Å². The Morgan fingerprint density at radius 2 is 0.591 bits per heavy atom. The minimum atomic E-state index is -0.791. The zero-order valence-corrected chi connectivity index (χ0v) is 43.7. The van der Waals surface area contributed by atoms with Crippen molar-refractivity contribution < 1.29 is 28.6 Å². The number of esters is 3. The predicted molar refractivity (Wildman–Crippen MR) is 284 cm³/mol. The fourth-order valence-corrected chi connectivity index (χ4v) is 8.02. The van der Waals surface area contributed by atoms with E-state index in [1.54, 1.807) is 0 Å². The molecule has 1 atom stereocenters. The molecule has 66 heavy (non-hydrogen) atoms. The molecule has 0 aromatic carbocycles. The van der Waals surface area contributed by atoms with Crippen molar-refractivity contribution in [1.82, 2.24) is 0 Å². The van der Waals surface area contributed by atoms with Gasteiger partial charge in [0.1, 0.15) is 13.2 Å². The Morgan fingerprint density at radius 3 is 0.970 bits per heavy atom. The summed E-state index contributed by atoms with van der Waals surface area (Å²) in [5.74, 6) is -0.923. The molecule has 0 bridgehead atoms. The number of allylic oxidation sites excluding steroid dienone is 10. The Bertz CT molecular complexity index is 1200. The first kappa shape index (κ1) is 63.1. The van der Waals surface area contributed by atoms with Crippen LogP contribution >= 0.6 is 0 Å². The Hall–Kier alpha value is -2.89. The number of hydrogen-bond acceptors (Lipinski definition) is 6. The second kappa shape index (κ2) is 54.7. The van der Waals surface area contributed by atoms with Gasteiger partial charge in [-0.15, -0.1) is 0 Å². The molecule has 0 aliphatic rings. The van der Waals surface area contributed by atoms with Crippen molar-refractivity contribution in [3.63, 3.8) is 0 Å². The molecular formula is C60H106O6. The zero-order chi connectivity index (χ0) is 47.9. The van der Waals surface area contributed by atoms with Gasteiger partial charge in [0, 0.05) is 19.3 Å². The van der Waals surface area contributed by atoms with E-state index in [1.165, 1.54) is 161 Å². The van der Waals surface area contributed by atoms with Crippen molar-refractivity contribution in [2.75, 3.05) is 13.2 Å². The Labute approximate surface area is 409 Å². The van der Waals surface area contributed by atoms with Gasteiger partial charge in [0.05, 0.1) is 0 Å². The van der Waals surface area contributed by atoms with Crippen LogP contribution in [-0.2, 0) is 28.6 Å². The minimum Gasteiger partial charge on any atom is -0.462 e. The molecule has 0 aliphatic carbocycles. The molecule has 6 nitrogen and oxygen atoms in total. The summed E-state index contributed by atoms with van der Waals surface area (Å²) >= 11 is 0. The van der Waals surface area contributed by atoms with Gasteiger partial charge in [0.15, 0.2) is 6.10 Å². The first-order chi connectivity index (χ1) is 32.5. The number of ether oxygens (including phenoxy) is 3. The molecule has 0 saturated heterocycles. The maximum absolute atomic E-state index is 12.8. The van der Waals surface area contributed by atoms with E-state index in [2.05, 4.69) is 81.5 Å². The number of unbranched alkanes of at least 4 members (excludes halogenated alkanes) is 30. The third-order valence-corrected chi connectivity index (χ3v) is 12.3. The predicted octanol–water partition coefficient (Wildman–Crippen LogP) is 18.8. The SMILES string of the molecule is CC/C=C\C/C=C\C/C=C\C/C=C\CCCCC(=O)OCC(COC(=O)CCCCCCCCC/C=C\CCCCCCCC)OC(=O)CCCCCCCCCCCCCCCCCC. The van der Waals surface area contributed by atoms with Crippen molar-refractivity contribution in [2.24, 2.45) is 0 Å². The van der Waals surface area contributed by atoms with Crippen LogP contribution < -0.4 is 0 Å². The molecule has 6 heteroatoms. The lowest BCUT2D eigenvalue weighted by atomic mass is 10.0. The van der Waals surface area contributed by atoms with Gasteiger partial charge in [-0.2, -0.15) is 0 Å². The van der Waals surface area contributed by atoms with Crippen LogP contribution in [0.4, 0.5) is 0 Å². The third kappa shape index (κ3) is 52.1. The van der Waals surface area contributed by atoms with E-state index < -0.39 is 6.10 Å². The van der Waals surface area contributed by atoms with Crippen LogP contribution in [0.2, 0.25) is 0 Å². The largest absolute Gasteiger partial charge is 0.462 e. The van der Waals surface area contributed by atoms with Crippen LogP contribution in [0.1, 0.15) is 284 Å². The second-order valence-corrected chi connectivity index (χ2v) is 18.8. The van der Waals surface area contributed by atoms with Crippen LogP contribution in [-0.4, -0.2) is 37.2 Å². The van der Waals surface area contributed by atoms with Crippen LogP contribution in [0.5, 0.6) is 0 Å². The van der Waals surface area contributed by atoms with Crippen molar-refractivity contribution in [3.05, 3.63) is 60.8 Å². The number of rotatable bonds is 51. The first-order valence-corrected chi connectivity index (χ1v) is 28.3. The van der Waals surface area contributed by atoms with Crippen LogP contribution in [0, 0.1) is 0 Å². The van der Waals surface area contributed by atoms with Crippen LogP contribution in [0.15, 0.2) is 60.8 Å². The van der Waals surface area contributed by atoms with Crippen molar-refractivity contribution in [1.29, 1.82) is 0 Å². The topological polar surface area (TPSA) is 78.9 Å². The summed E-state index contributed by atoms with van der Waals surface area (Å²) in [5, 5.41) is 0. The lowest BCUT2D eigenvalue weighted by Crippen LogP contribution is -2.30. The van der Waals surface area contributed by atoms with Crippen molar-refractivity contribution >= 4 is 17.9 Å². The van der Waals surface area contributed by atoms with E-state index >= 15 is 0 Å². The van der Waals surface area contributed by atoms with Gasteiger partial charge in [0.25, 0.3) is 0 Å². The molecule has 0 aliphatic heterocycles. The van der Waals surface area contributed by atoms with Gasteiger partial charge in [0.2, 0.25) is 0 Å². The van der Waals surface area contributed by atoms with E-state index in [9.17, 15) is 14.4 Å². The highest BCUT2D eigenvalue weighted by molar-refractivity contribution is 5.71.